The highest BCUT2D eigenvalue weighted by molar-refractivity contribution is 6.32. The van der Waals surface area contributed by atoms with Gasteiger partial charge in [-0.2, -0.15) is 0 Å². The highest BCUT2D eigenvalue weighted by atomic mass is 15.1. The van der Waals surface area contributed by atoms with Gasteiger partial charge in [-0.3, -0.25) is 0 Å². The van der Waals surface area contributed by atoms with Crippen molar-refractivity contribution < 1.29 is 0 Å². The van der Waals surface area contributed by atoms with Gasteiger partial charge in [0.15, 0.2) is 0 Å². The number of hydrogen-bond acceptors (Lipinski definition) is 2. The summed E-state index contributed by atoms with van der Waals surface area (Å²) in [4.78, 5) is 4.47. The molecule has 6 aromatic carbocycles. The molecule has 0 aliphatic rings. The number of rotatable bonds is 7. The Labute approximate surface area is 239 Å². The molecular weight excluding hydrogens is 482 g/mol. The SMILES string of the molecule is [B]c1ccc(N(c2ccccc2)c2ccc(-c3ccc(N(c4ccccc4)c4ccc([B])cc4)cc3)cc2)cc1. The monoisotopic (exact) mass is 508 g/mol. The van der Waals surface area contributed by atoms with Crippen molar-refractivity contribution in [3.05, 3.63) is 158 Å². The van der Waals surface area contributed by atoms with E-state index >= 15 is 0 Å². The van der Waals surface area contributed by atoms with Gasteiger partial charge in [-0.1, -0.05) is 95.9 Å². The first kappa shape index (κ1) is 25.3. The van der Waals surface area contributed by atoms with Crippen LogP contribution in [0.5, 0.6) is 0 Å². The first-order valence-corrected chi connectivity index (χ1v) is 13.3. The van der Waals surface area contributed by atoms with Crippen LogP contribution in [0.3, 0.4) is 0 Å². The summed E-state index contributed by atoms with van der Waals surface area (Å²) in [6, 6.07) is 54.0. The van der Waals surface area contributed by atoms with Crippen LogP contribution in [0.25, 0.3) is 11.1 Å². The molecule has 2 nitrogen and oxygen atoms in total. The van der Waals surface area contributed by atoms with E-state index < -0.39 is 0 Å². The molecule has 6 aromatic rings. The van der Waals surface area contributed by atoms with E-state index in [0.717, 1.165) is 56.2 Å². The lowest BCUT2D eigenvalue weighted by Crippen LogP contribution is -2.11. The third-order valence-corrected chi connectivity index (χ3v) is 6.92. The Balaban J connectivity index is 1.31. The summed E-state index contributed by atoms with van der Waals surface area (Å²) in [7, 11) is 11.9. The maximum atomic E-state index is 5.96. The van der Waals surface area contributed by atoms with Gasteiger partial charge in [-0.15, -0.1) is 0 Å². The average molecular weight is 508 g/mol. The molecule has 4 radical (unpaired) electrons. The number of benzene rings is 6. The van der Waals surface area contributed by atoms with Crippen LogP contribution in [-0.4, -0.2) is 15.7 Å². The second-order valence-electron chi connectivity index (χ2n) is 9.62. The summed E-state index contributed by atoms with van der Waals surface area (Å²) in [6.45, 7) is 0. The molecule has 0 heterocycles. The second kappa shape index (κ2) is 11.4. The van der Waals surface area contributed by atoms with Crippen LogP contribution in [0.1, 0.15) is 0 Å². The predicted octanol–water partition coefficient (Wildman–Crippen LogP) is 7.88. The van der Waals surface area contributed by atoms with Gasteiger partial charge in [0.1, 0.15) is 15.7 Å². The van der Waals surface area contributed by atoms with Crippen LogP contribution in [-0.2, 0) is 0 Å². The summed E-state index contributed by atoms with van der Waals surface area (Å²) in [5.74, 6) is 0. The molecule has 0 saturated heterocycles. The van der Waals surface area contributed by atoms with Crippen molar-refractivity contribution in [3.63, 3.8) is 0 Å². The molecule has 0 aliphatic heterocycles. The third-order valence-electron chi connectivity index (χ3n) is 6.92. The van der Waals surface area contributed by atoms with Crippen molar-refractivity contribution >= 4 is 60.7 Å². The molecule has 0 spiro atoms. The molecule has 6 rings (SSSR count). The number of anilines is 6. The Bertz CT molecular complexity index is 1540. The minimum absolute atomic E-state index is 0.748. The zero-order valence-electron chi connectivity index (χ0n) is 22.1. The highest BCUT2D eigenvalue weighted by Gasteiger charge is 2.14. The van der Waals surface area contributed by atoms with E-state index in [0.29, 0.717) is 0 Å². The third kappa shape index (κ3) is 5.43. The number of para-hydroxylation sites is 2. The summed E-state index contributed by atoms with van der Waals surface area (Å²) in [5.41, 5.74) is 10.3. The summed E-state index contributed by atoms with van der Waals surface area (Å²) >= 11 is 0. The van der Waals surface area contributed by atoms with Crippen LogP contribution in [0.2, 0.25) is 0 Å². The van der Waals surface area contributed by atoms with Gasteiger partial charge in [0.2, 0.25) is 0 Å². The Morgan fingerprint density at radius 3 is 0.825 bits per heavy atom. The summed E-state index contributed by atoms with van der Waals surface area (Å²) in [5, 5.41) is 0. The zero-order valence-corrected chi connectivity index (χ0v) is 22.1. The molecule has 186 valence electrons. The van der Waals surface area contributed by atoms with Gasteiger partial charge >= 0.3 is 0 Å². The second-order valence-corrected chi connectivity index (χ2v) is 9.62. The molecule has 0 aromatic heterocycles. The summed E-state index contributed by atoms with van der Waals surface area (Å²) in [6.07, 6.45) is 0. The zero-order chi connectivity index (χ0) is 27.3. The molecular formula is C36H26B2N2. The minimum Gasteiger partial charge on any atom is -0.311 e. The van der Waals surface area contributed by atoms with Gasteiger partial charge in [0.05, 0.1) is 0 Å². The molecule has 0 fully saturated rings. The molecule has 0 saturated carbocycles. The predicted molar refractivity (Wildman–Crippen MR) is 172 cm³/mol. The number of hydrogen-bond donors (Lipinski definition) is 0. The van der Waals surface area contributed by atoms with E-state index in [-0.39, 0.29) is 0 Å². The van der Waals surface area contributed by atoms with Crippen molar-refractivity contribution in [1.29, 1.82) is 0 Å². The van der Waals surface area contributed by atoms with Crippen molar-refractivity contribution in [1.82, 2.24) is 0 Å². The molecule has 0 unspecified atom stereocenters. The van der Waals surface area contributed by atoms with Gasteiger partial charge < -0.3 is 9.80 Å². The Morgan fingerprint density at radius 2 is 0.525 bits per heavy atom. The van der Waals surface area contributed by atoms with Crippen molar-refractivity contribution in [2.45, 2.75) is 0 Å². The minimum atomic E-state index is 0.748. The van der Waals surface area contributed by atoms with Crippen LogP contribution < -0.4 is 20.7 Å². The summed E-state index contributed by atoms with van der Waals surface area (Å²) < 4.78 is 0. The van der Waals surface area contributed by atoms with Gasteiger partial charge in [-0.05, 0) is 83.9 Å². The van der Waals surface area contributed by atoms with Crippen LogP contribution >= 0.6 is 0 Å². The van der Waals surface area contributed by atoms with Gasteiger partial charge in [0, 0.05) is 34.1 Å². The molecule has 40 heavy (non-hydrogen) atoms. The lowest BCUT2D eigenvalue weighted by atomic mass is 9.96. The van der Waals surface area contributed by atoms with E-state index in [2.05, 4.69) is 131 Å². The quantitative estimate of drug-likeness (QED) is 0.203. The lowest BCUT2D eigenvalue weighted by Gasteiger charge is -2.26. The van der Waals surface area contributed by atoms with Gasteiger partial charge in [-0.25, -0.2) is 0 Å². The fraction of sp³-hybridized carbons (Fsp3) is 0. The van der Waals surface area contributed by atoms with Crippen molar-refractivity contribution in [2.75, 3.05) is 9.80 Å². The largest absolute Gasteiger partial charge is 0.311 e. The highest BCUT2D eigenvalue weighted by Crippen LogP contribution is 2.37. The van der Waals surface area contributed by atoms with E-state index in [1.165, 1.54) is 0 Å². The topological polar surface area (TPSA) is 6.48 Å². The fourth-order valence-corrected chi connectivity index (χ4v) is 4.90. The van der Waals surface area contributed by atoms with E-state index in [1.807, 2.05) is 36.4 Å². The maximum absolute atomic E-state index is 5.96. The fourth-order valence-electron chi connectivity index (χ4n) is 4.90. The Morgan fingerprint density at radius 1 is 0.275 bits per heavy atom. The smallest absolute Gasteiger partial charge is 0.113 e. The molecule has 0 N–H and O–H groups in total. The van der Waals surface area contributed by atoms with Crippen molar-refractivity contribution in [2.24, 2.45) is 0 Å². The molecule has 0 atom stereocenters. The van der Waals surface area contributed by atoms with Crippen LogP contribution in [0, 0.1) is 0 Å². The Kier molecular flexibility index (Phi) is 7.24. The number of nitrogens with zero attached hydrogens (tertiary/aromatic N) is 2. The lowest BCUT2D eigenvalue weighted by molar-refractivity contribution is 1.28. The van der Waals surface area contributed by atoms with E-state index in [4.69, 9.17) is 15.7 Å². The molecule has 0 aliphatic carbocycles. The molecule has 0 amide bonds. The van der Waals surface area contributed by atoms with E-state index in [9.17, 15) is 0 Å². The first-order chi connectivity index (χ1) is 19.7. The molecule has 4 heteroatoms. The standard InChI is InChI=1S/C36H26B2N2/c37-29-15-23-35(24-16-29)39(31-7-3-1-4-8-31)33-19-11-27(12-20-33)28-13-21-34(22-14-28)40(32-9-5-2-6-10-32)36-25-17-30(38)18-26-36/h1-26H. The van der Waals surface area contributed by atoms with E-state index in [1.54, 1.807) is 0 Å². The average Bonchev–Trinajstić information content (AvgIpc) is 3.01. The normalized spacial score (nSPS) is 10.7. The van der Waals surface area contributed by atoms with Crippen molar-refractivity contribution in [3.8, 4) is 11.1 Å². The Hall–Kier alpha value is -4.95. The maximum Gasteiger partial charge on any atom is 0.113 e. The van der Waals surface area contributed by atoms with Gasteiger partial charge in [0.25, 0.3) is 0 Å². The van der Waals surface area contributed by atoms with Crippen LogP contribution in [0.4, 0.5) is 34.1 Å². The first-order valence-electron chi connectivity index (χ1n) is 13.3. The van der Waals surface area contributed by atoms with Crippen LogP contribution in [0.15, 0.2) is 158 Å². The molecule has 0 bridgehead atoms.